The minimum absolute atomic E-state index is 0.272. The molecule has 5 nitrogen and oxygen atoms in total. The van der Waals surface area contributed by atoms with E-state index in [4.69, 9.17) is 16.9 Å². The second-order valence-corrected chi connectivity index (χ2v) is 6.77. The molecule has 0 bridgehead atoms. The standard InChI is InChI=1S/C20H18ClN3O2/c21-16-6-3-4-14(12-16)8-11-23-18(25)20(9-10-20)19(26)24-17-7-2-1-5-15(17)13-22/h1-7,12H,8-11H2,(H,23,25)(H,24,26). The highest BCUT2D eigenvalue weighted by Gasteiger charge is 2.56. The molecule has 3 rings (SSSR count). The zero-order valence-corrected chi connectivity index (χ0v) is 14.8. The van der Waals surface area contributed by atoms with Crippen LogP contribution in [0.15, 0.2) is 48.5 Å². The van der Waals surface area contributed by atoms with E-state index in [1.165, 1.54) is 0 Å². The molecule has 0 aliphatic heterocycles. The molecule has 0 unspecified atom stereocenters. The second-order valence-electron chi connectivity index (χ2n) is 6.33. The maximum absolute atomic E-state index is 12.6. The van der Waals surface area contributed by atoms with Gasteiger partial charge in [-0.1, -0.05) is 35.9 Å². The summed E-state index contributed by atoms with van der Waals surface area (Å²) in [5, 5.41) is 15.3. The Balaban J connectivity index is 1.58. The van der Waals surface area contributed by atoms with Gasteiger partial charge in [0.2, 0.25) is 11.8 Å². The van der Waals surface area contributed by atoms with Crippen molar-refractivity contribution < 1.29 is 9.59 Å². The maximum Gasteiger partial charge on any atom is 0.240 e. The van der Waals surface area contributed by atoms with E-state index < -0.39 is 5.41 Å². The number of amides is 2. The van der Waals surface area contributed by atoms with Gasteiger partial charge in [-0.25, -0.2) is 0 Å². The molecule has 0 aromatic heterocycles. The highest BCUT2D eigenvalue weighted by molar-refractivity contribution is 6.30. The van der Waals surface area contributed by atoms with Crippen LogP contribution in [-0.2, 0) is 16.0 Å². The lowest BCUT2D eigenvalue weighted by Gasteiger charge is -2.16. The highest BCUT2D eigenvalue weighted by Crippen LogP contribution is 2.47. The van der Waals surface area contributed by atoms with E-state index in [0.29, 0.717) is 42.1 Å². The smallest absolute Gasteiger partial charge is 0.240 e. The third-order valence-electron chi connectivity index (χ3n) is 4.50. The van der Waals surface area contributed by atoms with Gasteiger partial charge in [0.1, 0.15) is 11.5 Å². The number of rotatable bonds is 6. The van der Waals surface area contributed by atoms with E-state index in [2.05, 4.69) is 10.6 Å². The maximum atomic E-state index is 12.6. The fourth-order valence-corrected chi connectivity index (χ4v) is 3.01. The largest absolute Gasteiger partial charge is 0.355 e. The highest BCUT2D eigenvalue weighted by atomic mass is 35.5. The molecule has 132 valence electrons. The Hall–Kier alpha value is -2.84. The first kappa shape index (κ1) is 18.0. The minimum Gasteiger partial charge on any atom is -0.355 e. The molecular weight excluding hydrogens is 350 g/mol. The molecule has 0 saturated heterocycles. The van der Waals surface area contributed by atoms with Crippen LogP contribution in [0.4, 0.5) is 5.69 Å². The fourth-order valence-electron chi connectivity index (χ4n) is 2.80. The van der Waals surface area contributed by atoms with Crippen LogP contribution in [0.2, 0.25) is 5.02 Å². The van der Waals surface area contributed by atoms with E-state index in [1.54, 1.807) is 30.3 Å². The molecule has 0 spiro atoms. The van der Waals surface area contributed by atoms with Crippen LogP contribution < -0.4 is 10.6 Å². The van der Waals surface area contributed by atoms with Gasteiger partial charge in [-0.2, -0.15) is 5.26 Å². The molecule has 1 fully saturated rings. The van der Waals surface area contributed by atoms with Crippen LogP contribution in [0.25, 0.3) is 0 Å². The third-order valence-corrected chi connectivity index (χ3v) is 4.74. The average Bonchev–Trinajstić information content (AvgIpc) is 3.44. The van der Waals surface area contributed by atoms with Gasteiger partial charge in [-0.15, -0.1) is 0 Å². The third kappa shape index (κ3) is 3.87. The predicted octanol–water partition coefficient (Wildman–Crippen LogP) is 3.29. The lowest BCUT2D eigenvalue weighted by atomic mass is 10.0. The van der Waals surface area contributed by atoms with Crippen LogP contribution in [-0.4, -0.2) is 18.4 Å². The first-order chi connectivity index (χ1) is 12.5. The first-order valence-corrected chi connectivity index (χ1v) is 8.76. The van der Waals surface area contributed by atoms with E-state index in [0.717, 1.165) is 5.56 Å². The monoisotopic (exact) mass is 367 g/mol. The molecular formula is C20H18ClN3O2. The van der Waals surface area contributed by atoms with Gasteiger partial charge in [0.05, 0.1) is 11.3 Å². The normalized spacial score (nSPS) is 14.2. The Bertz CT molecular complexity index is 885. The predicted molar refractivity (Wildman–Crippen MR) is 99.6 cm³/mol. The number of anilines is 1. The molecule has 2 amide bonds. The van der Waals surface area contributed by atoms with E-state index in [1.807, 2.05) is 24.3 Å². The topological polar surface area (TPSA) is 82.0 Å². The zero-order valence-electron chi connectivity index (χ0n) is 14.1. The van der Waals surface area contributed by atoms with Crippen LogP contribution in [0, 0.1) is 16.7 Å². The van der Waals surface area contributed by atoms with Crippen molar-refractivity contribution in [2.75, 3.05) is 11.9 Å². The molecule has 1 aliphatic carbocycles. The summed E-state index contributed by atoms with van der Waals surface area (Å²) < 4.78 is 0. The van der Waals surface area contributed by atoms with Gasteiger partial charge in [-0.05, 0) is 49.1 Å². The number of nitrogens with one attached hydrogen (secondary N) is 2. The summed E-state index contributed by atoms with van der Waals surface area (Å²) in [4.78, 5) is 25.1. The summed E-state index contributed by atoms with van der Waals surface area (Å²) in [6.07, 6.45) is 1.66. The van der Waals surface area contributed by atoms with Crippen LogP contribution in [0.3, 0.4) is 0 Å². The summed E-state index contributed by atoms with van der Waals surface area (Å²) in [5.74, 6) is -0.632. The zero-order chi connectivity index (χ0) is 18.6. The second kappa shape index (κ2) is 7.59. The summed E-state index contributed by atoms with van der Waals surface area (Å²) in [7, 11) is 0. The summed E-state index contributed by atoms with van der Waals surface area (Å²) in [5.41, 5.74) is 0.794. The van der Waals surface area contributed by atoms with Crippen molar-refractivity contribution in [3.63, 3.8) is 0 Å². The molecule has 2 N–H and O–H groups in total. The fraction of sp³-hybridized carbons (Fsp3) is 0.250. The lowest BCUT2D eigenvalue weighted by Crippen LogP contribution is -2.40. The molecule has 2 aromatic carbocycles. The van der Waals surface area contributed by atoms with Crippen molar-refractivity contribution in [1.82, 2.24) is 5.32 Å². The average molecular weight is 368 g/mol. The molecule has 0 atom stereocenters. The van der Waals surface area contributed by atoms with E-state index in [-0.39, 0.29) is 11.8 Å². The summed E-state index contributed by atoms with van der Waals surface area (Å²) >= 11 is 5.95. The lowest BCUT2D eigenvalue weighted by molar-refractivity contribution is -0.134. The van der Waals surface area contributed by atoms with Crippen molar-refractivity contribution in [2.24, 2.45) is 5.41 Å². The summed E-state index contributed by atoms with van der Waals surface area (Å²) in [6.45, 7) is 0.434. The van der Waals surface area contributed by atoms with Crippen molar-refractivity contribution in [3.05, 3.63) is 64.7 Å². The molecule has 26 heavy (non-hydrogen) atoms. The SMILES string of the molecule is N#Cc1ccccc1NC(=O)C1(C(=O)NCCc2cccc(Cl)c2)CC1. The first-order valence-electron chi connectivity index (χ1n) is 8.38. The molecule has 0 radical (unpaired) electrons. The van der Waals surface area contributed by atoms with Gasteiger partial charge in [0.25, 0.3) is 0 Å². The van der Waals surface area contributed by atoms with Gasteiger partial charge in [0.15, 0.2) is 0 Å². The van der Waals surface area contributed by atoms with E-state index in [9.17, 15) is 9.59 Å². The van der Waals surface area contributed by atoms with Gasteiger partial charge in [-0.3, -0.25) is 9.59 Å². The van der Waals surface area contributed by atoms with Crippen molar-refractivity contribution in [1.29, 1.82) is 5.26 Å². The molecule has 1 aliphatic rings. The quantitative estimate of drug-likeness (QED) is 0.768. The molecule has 1 saturated carbocycles. The number of nitriles is 1. The molecule has 2 aromatic rings. The van der Waals surface area contributed by atoms with Gasteiger partial charge in [0, 0.05) is 11.6 Å². The number of para-hydroxylation sites is 1. The molecule has 0 heterocycles. The number of carbonyl (C=O) groups is 2. The number of benzene rings is 2. The van der Waals surface area contributed by atoms with Crippen LogP contribution >= 0.6 is 11.6 Å². The van der Waals surface area contributed by atoms with E-state index >= 15 is 0 Å². The Labute approximate surface area is 157 Å². The molecule has 6 heteroatoms. The van der Waals surface area contributed by atoms with Crippen LogP contribution in [0.1, 0.15) is 24.0 Å². The Morgan fingerprint density at radius 1 is 1.12 bits per heavy atom. The Morgan fingerprint density at radius 3 is 2.58 bits per heavy atom. The van der Waals surface area contributed by atoms with Crippen molar-refractivity contribution in [3.8, 4) is 6.07 Å². The van der Waals surface area contributed by atoms with Crippen molar-refractivity contribution in [2.45, 2.75) is 19.3 Å². The van der Waals surface area contributed by atoms with Crippen LogP contribution in [0.5, 0.6) is 0 Å². The Morgan fingerprint density at radius 2 is 1.88 bits per heavy atom. The summed E-state index contributed by atoms with van der Waals surface area (Å²) in [6, 6.07) is 16.2. The number of nitrogens with zero attached hydrogens (tertiary/aromatic N) is 1. The number of hydrogen-bond donors (Lipinski definition) is 2. The van der Waals surface area contributed by atoms with Gasteiger partial charge < -0.3 is 10.6 Å². The minimum atomic E-state index is -1.03. The number of halogens is 1. The Kier molecular flexibility index (Phi) is 5.24. The van der Waals surface area contributed by atoms with Crippen molar-refractivity contribution >= 4 is 29.1 Å². The number of hydrogen-bond acceptors (Lipinski definition) is 3. The van der Waals surface area contributed by atoms with Gasteiger partial charge >= 0.3 is 0 Å². The number of carbonyl (C=O) groups excluding carboxylic acids is 2.